The smallest absolute Gasteiger partial charge is 0.263 e. The molecule has 0 fully saturated rings. The zero-order valence-electron chi connectivity index (χ0n) is 17.8. The van der Waals surface area contributed by atoms with E-state index in [0.717, 1.165) is 35.2 Å². The number of pyridine rings is 1. The van der Waals surface area contributed by atoms with Gasteiger partial charge in [0, 0.05) is 30.7 Å². The zero-order valence-corrected chi connectivity index (χ0v) is 17.8. The maximum atomic E-state index is 13.3. The van der Waals surface area contributed by atoms with E-state index in [2.05, 4.69) is 43.9 Å². The van der Waals surface area contributed by atoms with E-state index in [9.17, 15) is 9.59 Å². The largest absolute Gasteiger partial charge is 0.370 e. The van der Waals surface area contributed by atoms with E-state index >= 15 is 0 Å². The van der Waals surface area contributed by atoms with Crippen LogP contribution in [0.4, 0.5) is 5.69 Å². The molecule has 0 atom stereocenters. The van der Waals surface area contributed by atoms with E-state index in [4.69, 9.17) is 4.98 Å². The van der Waals surface area contributed by atoms with E-state index in [-0.39, 0.29) is 11.8 Å². The van der Waals surface area contributed by atoms with Crippen LogP contribution in [0.25, 0.3) is 10.9 Å². The van der Waals surface area contributed by atoms with Gasteiger partial charge >= 0.3 is 0 Å². The van der Waals surface area contributed by atoms with Crippen LogP contribution < -0.4 is 4.90 Å². The molecule has 1 aliphatic heterocycles. The molecule has 0 saturated carbocycles. The quantitative estimate of drug-likeness (QED) is 0.542. The number of fused-ring (bicyclic) bond motifs is 3. The average molecular weight is 402 g/mol. The van der Waals surface area contributed by atoms with Crippen LogP contribution in [-0.2, 0) is 6.42 Å². The highest BCUT2D eigenvalue weighted by Crippen LogP contribution is 2.32. The molecule has 0 aliphatic carbocycles. The van der Waals surface area contributed by atoms with Gasteiger partial charge in [-0.25, -0.2) is 0 Å². The third-order valence-electron chi connectivity index (χ3n) is 5.71. The van der Waals surface area contributed by atoms with Crippen molar-refractivity contribution in [3.8, 4) is 0 Å². The first-order valence-corrected chi connectivity index (χ1v) is 10.6. The molecule has 2 amide bonds. The molecule has 5 heteroatoms. The second-order valence-corrected chi connectivity index (χ2v) is 7.76. The summed E-state index contributed by atoms with van der Waals surface area (Å²) in [5, 5.41) is 0.763. The summed E-state index contributed by atoms with van der Waals surface area (Å²) >= 11 is 0. The third-order valence-corrected chi connectivity index (χ3v) is 5.71. The monoisotopic (exact) mass is 401 g/mol. The Morgan fingerprint density at radius 3 is 2.47 bits per heavy atom. The van der Waals surface area contributed by atoms with Crippen LogP contribution in [0.3, 0.4) is 0 Å². The minimum absolute atomic E-state index is 0.203. The van der Waals surface area contributed by atoms with E-state index in [1.54, 1.807) is 0 Å². The van der Waals surface area contributed by atoms with Gasteiger partial charge < -0.3 is 4.90 Å². The fourth-order valence-corrected chi connectivity index (χ4v) is 4.21. The summed E-state index contributed by atoms with van der Waals surface area (Å²) in [6.07, 6.45) is 1.56. The summed E-state index contributed by atoms with van der Waals surface area (Å²) in [6, 6.07) is 15.9. The molecule has 0 bridgehead atoms. The van der Waals surface area contributed by atoms with Crippen molar-refractivity contribution < 1.29 is 9.59 Å². The molecule has 154 valence electrons. The molecule has 3 aromatic rings. The van der Waals surface area contributed by atoms with Gasteiger partial charge in [0.25, 0.3) is 11.8 Å². The Kier molecular flexibility index (Phi) is 5.53. The Labute approximate surface area is 177 Å². The van der Waals surface area contributed by atoms with Gasteiger partial charge in [-0.05, 0) is 44.0 Å². The summed E-state index contributed by atoms with van der Waals surface area (Å²) in [7, 11) is 0. The fourth-order valence-electron chi connectivity index (χ4n) is 4.21. The predicted molar refractivity (Wildman–Crippen MR) is 120 cm³/mol. The summed E-state index contributed by atoms with van der Waals surface area (Å²) in [5.74, 6) is -0.414. The number of amides is 2. The topological polar surface area (TPSA) is 53.5 Å². The average Bonchev–Trinajstić information content (AvgIpc) is 3.00. The maximum Gasteiger partial charge on any atom is 0.263 e. The summed E-state index contributed by atoms with van der Waals surface area (Å²) in [5.41, 5.74) is 4.82. The van der Waals surface area contributed by atoms with Crippen LogP contribution in [0.2, 0.25) is 0 Å². The number of aryl methyl sites for hydroxylation is 2. The molecule has 2 heterocycles. The number of carbonyl (C=O) groups excluding carboxylic acids is 2. The first-order chi connectivity index (χ1) is 14.5. The summed E-state index contributed by atoms with van der Waals surface area (Å²) in [6.45, 7) is 7.96. The highest BCUT2D eigenvalue weighted by molar-refractivity contribution is 6.26. The summed E-state index contributed by atoms with van der Waals surface area (Å²) < 4.78 is 0. The summed E-state index contributed by atoms with van der Waals surface area (Å²) in [4.78, 5) is 34.9. The van der Waals surface area contributed by atoms with E-state index in [0.29, 0.717) is 30.6 Å². The zero-order chi connectivity index (χ0) is 21.3. The van der Waals surface area contributed by atoms with Crippen molar-refractivity contribution >= 4 is 28.4 Å². The minimum atomic E-state index is -0.211. The van der Waals surface area contributed by atoms with Crippen molar-refractivity contribution in [1.29, 1.82) is 0 Å². The fraction of sp³-hybridized carbons (Fsp3) is 0.320. The van der Waals surface area contributed by atoms with Crippen molar-refractivity contribution in [1.82, 2.24) is 9.88 Å². The number of rotatable bonds is 7. The first-order valence-electron chi connectivity index (χ1n) is 10.6. The molecule has 0 unspecified atom stereocenters. The number of para-hydroxylation sites is 1. The van der Waals surface area contributed by atoms with Gasteiger partial charge in [0.15, 0.2) is 0 Å². The van der Waals surface area contributed by atoms with E-state index in [1.165, 1.54) is 10.5 Å². The van der Waals surface area contributed by atoms with Gasteiger partial charge in [-0.2, -0.15) is 0 Å². The van der Waals surface area contributed by atoms with Crippen molar-refractivity contribution in [3.63, 3.8) is 0 Å². The number of nitrogens with zero attached hydrogens (tertiary/aromatic N) is 3. The highest BCUT2D eigenvalue weighted by Gasteiger charge is 2.39. The van der Waals surface area contributed by atoms with Gasteiger partial charge in [0.2, 0.25) is 0 Å². The van der Waals surface area contributed by atoms with Crippen LogP contribution in [0.1, 0.15) is 52.2 Å². The van der Waals surface area contributed by atoms with Crippen LogP contribution in [0.5, 0.6) is 0 Å². The molecule has 5 nitrogen and oxygen atoms in total. The number of hydrogen-bond acceptors (Lipinski definition) is 4. The molecule has 1 aliphatic rings. The number of likely N-dealkylation sites (N-methyl/N-ethyl adjacent to an activating group) is 1. The molecule has 1 aromatic heterocycles. The van der Waals surface area contributed by atoms with Crippen molar-refractivity contribution in [2.24, 2.45) is 0 Å². The Hall–Kier alpha value is -3.21. The molecule has 0 N–H and O–H groups in total. The standard InChI is InChI=1S/C25H27N3O2/c1-4-9-21-23-22(19-12-6-7-13-20(19)26-21)24(29)28(25(23)30)15-14-27(5-2)18-11-8-10-17(3)16-18/h6-8,10-13,16H,4-5,9,14-15H2,1-3H3. The van der Waals surface area contributed by atoms with E-state index < -0.39 is 0 Å². The van der Waals surface area contributed by atoms with Gasteiger partial charge in [0.05, 0.1) is 22.3 Å². The normalized spacial score (nSPS) is 13.2. The lowest BCUT2D eigenvalue weighted by Gasteiger charge is -2.25. The number of imide groups is 1. The first kappa shape index (κ1) is 20.1. The van der Waals surface area contributed by atoms with Gasteiger partial charge in [-0.1, -0.05) is 43.7 Å². The molecule has 0 saturated heterocycles. The maximum absolute atomic E-state index is 13.3. The molecule has 0 spiro atoms. The third kappa shape index (κ3) is 3.45. The van der Waals surface area contributed by atoms with Crippen LogP contribution in [0.15, 0.2) is 48.5 Å². The van der Waals surface area contributed by atoms with Gasteiger partial charge in [-0.15, -0.1) is 0 Å². The molecule has 0 radical (unpaired) electrons. The molecule has 4 rings (SSSR count). The Morgan fingerprint density at radius 2 is 1.73 bits per heavy atom. The van der Waals surface area contributed by atoms with Crippen molar-refractivity contribution in [3.05, 3.63) is 70.9 Å². The second kappa shape index (κ2) is 8.27. The number of anilines is 1. The van der Waals surface area contributed by atoms with Crippen molar-refractivity contribution in [2.45, 2.75) is 33.6 Å². The Bertz CT molecular complexity index is 1120. The van der Waals surface area contributed by atoms with Crippen LogP contribution in [-0.4, -0.2) is 41.3 Å². The molecular formula is C25H27N3O2. The SMILES string of the molecule is CCCc1nc2ccccc2c2c1C(=O)N(CCN(CC)c1cccc(C)c1)C2=O. The highest BCUT2D eigenvalue weighted by atomic mass is 16.2. The lowest BCUT2D eigenvalue weighted by atomic mass is 10.0. The van der Waals surface area contributed by atoms with Gasteiger partial charge in [-0.3, -0.25) is 19.5 Å². The second-order valence-electron chi connectivity index (χ2n) is 7.76. The minimum Gasteiger partial charge on any atom is -0.370 e. The molecule has 30 heavy (non-hydrogen) atoms. The lowest BCUT2D eigenvalue weighted by molar-refractivity contribution is 0.0658. The van der Waals surface area contributed by atoms with Crippen LogP contribution >= 0.6 is 0 Å². The molecule has 2 aromatic carbocycles. The number of benzene rings is 2. The number of hydrogen-bond donors (Lipinski definition) is 0. The van der Waals surface area contributed by atoms with Crippen molar-refractivity contribution in [2.75, 3.05) is 24.5 Å². The van der Waals surface area contributed by atoms with Gasteiger partial charge in [0.1, 0.15) is 0 Å². The van der Waals surface area contributed by atoms with E-state index in [1.807, 2.05) is 30.3 Å². The lowest BCUT2D eigenvalue weighted by Crippen LogP contribution is -2.38. The van der Waals surface area contributed by atoms with Crippen LogP contribution in [0, 0.1) is 6.92 Å². The number of carbonyl (C=O) groups is 2. The Balaban J connectivity index is 1.66. The predicted octanol–water partition coefficient (Wildman–Crippen LogP) is 4.62. The Morgan fingerprint density at radius 1 is 0.967 bits per heavy atom. The number of aromatic nitrogens is 1. The molecular weight excluding hydrogens is 374 g/mol.